The maximum Gasteiger partial charge on any atom is 0.309 e. The normalized spacial score (nSPS) is 18.8. The van der Waals surface area contributed by atoms with Crippen molar-refractivity contribution >= 4 is 59.7 Å². The van der Waals surface area contributed by atoms with Crippen LogP contribution in [-0.2, 0) is 14.3 Å². The van der Waals surface area contributed by atoms with Gasteiger partial charge < -0.3 is 9.84 Å². The molecule has 0 saturated heterocycles. The topological polar surface area (TPSA) is 101 Å². The molecule has 0 radical (unpaired) electrons. The van der Waals surface area contributed by atoms with E-state index in [2.05, 4.69) is 43.1 Å². The number of ether oxygens (including phenoxy) is 1. The molecule has 0 spiro atoms. The highest BCUT2D eigenvalue weighted by Crippen LogP contribution is 2.26. The lowest BCUT2D eigenvalue weighted by atomic mass is 9.86. The smallest absolute Gasteiger partial charge is 0.309 e. The molecule has 1 N–H and O–H groups in total. The standard InChI is InChI=1S/C23H35N3O4.CH3IS/c1-7-10-11-25-18(8-2)14-19(23(24-9-3)30-17(6)27)26-16(5)22-20(28)12-15(4)13-21(22)29;1-3-2/h8,11,15,19,28H,7,9-10,12-14H2,1-6H3;1H3/b18-8-,24-23?,25-11?,26-16?;. The van der Waals surface area contributed by atoms with E-state index < -0.39 is 12.0 Å². The molecular formula is C24H38IN3O4S. The molecule has 2 atom stereocenters. The van der Waals surface area contributed by atoms with E-state index in [4.69, 9.17) is 4.74 Å². The fourth-order valence-electron chi connectivity index (χ4n) is 3.24. The number of aliphatic imine (C=N–C) groups is 3. The average Bonchev–Trinajstić information content (AvgIpc) is 2.71. The van der Waals surface area contributed by atoms with Crippen molar-refractivity contribution in [2.24, 2.45) is 20.9 Å². The van der Waals surface area contributed by atoms with Crippen molar-refractivity contribution in [2.75, 3.05) is 12.8 Å². The van der Waals surface area contributed by atoms with E-state index in [0.29, 0.717) is 31.5 Å². The first-order chi connectivity index (χ1) is 15.6. The van der Waals surface area contributed by atoms with Gasteiger partial charge in [0, 0.05) is 50.4 Å². The first-order valence-corrected chi connectivity index (χ1v) is 15.0. The van der Waals surface area contributed by atoms with Gasteiger partial charge in [0.1, 0.15) is 11.8 Å². The number of esters is 1. The first-order valence-electron chi connectivity index (χ1n) is 11.2. The van der Waals surface area contributed by atoms with Crippen molar-refractivity contribution < 1.29 is 19.4 Å². The van der Waals surface area contributed by atoms with Gasteiger partial charge >= 0.3 is 5.97 Å². The number of ketones is 1. The zero-order valence-corrected chi connectivity index (χ0v) is 23.8. The molecule has 0 fully saturated rings. The third kappa shape index (κ3) is 12.5. The fourth-order valence-corrected chi connectivity index (χ4v) is 3.24. The molecule has 9 heteroatoms. The Morgan fingerprint density at radius 3 is 2.45 bits per heavy atom. The van der Waals surface area contributed by atoms with Crippen LogP contribution in [0.15, 0.2) is 38.1 Å². The second-order valence-electron chi connectivity index (χ2n) is 7.63. The predicted molar refractivity (Wildman–Crippen MR) is 149 cm³/mol. The number of carbonyl (C=O) groups is 2. The van der Waals surface area contributed by atoms with Crippen LogP contribution in [0.5, 0.6) is 0 Å². The SMILES string of the molecule is C/C=C(/CC(N=C(C)C1=C(O)CC(C)CC1=O)C(=NCC)OC(C)=O)N=CCCC.CSI. The lowest BCUT2D eigenvalue weighted by molar-refractivity contribution is -0.133. The zero-order chi connectivity index (χ0) is 25.4. The second kappa shape index (κ2) is 17.9. The van der Waals surface area contributed by atoms with E-state index in [1.54, 1.807) is 15.9 Å². The lowest BCUT2D eigenvalue weighted by Gasteiger charge is -2.22. The zero-order valence-electron chi connectivity index (χ0n) is 20.9. The molecule has 2 unspecified atom stereocenters. The van der Waals surface area contributed by atoms with Crippen LogP contribution in [0.25, 0.3) is 0 Å². The largest absolute Gasteiger partial charge is 0.511 e. The molecule has 0 aromatic heterocycles. The van der Waals surface area contributed by atoms with Crippen LogP contribution in [0.3, 0.4) is 0 Å². The average molecular weight is 592 g/mol. The third-order valence-electron chi connectivity index (χ3n) is 4.61. The van der Waals surface area contributed by atoms with Crippen LogP contribution >= 0.6 is 30.1 Å². The number of allylic oxidation sites excluding steroid dienone is 3. The number of hydrogen-bond acceptors (Lipinski definition) is 8. The molecule has 0 aliphatic heterocycles. The van der Waals surface area contributed by atoms with Gasteiger partial charge in [0.2, 0.25) is 5.90 Å². The summed E-state index contributed by atoms with van der Waals surface area (Å²) < 4.78 is 5.34. The highest BCUT2D eigenvalue weighted by atomic mass is 127. The van der Waals surface area contributed by atoms with Crippen LogP contribution < -0.4 is 0 Å². The van der Waals surface area contributed by atoms with Gasteiger partial charge in [-0.05, 0) is 60.6 Å². The van der Waals surface area contributed by atoms with Crippen LogP contribution in [0, 0.1) is 5.92 Å². The van der Waals surface area contributed by atoms with Gasteiger partial charge in [0.25, 0.3) is 0 Å². The quantitative estimate of drug-likeness (QED) is 0.143. The summed E-state index contributed by atoms with van der Waals surface area (Å²) in [5.41, 5.74) is 1.45. The first kappa shape index (κ1) is 31.5. The molecule has 186 valence electrons. The van der Waals surface area contributed by atoms with E-state index in [1.807, 2.05) is 39.3 Å². The monoisotopic (exact) mass is 591 g/mol. The molecule has 0 saturated carbocycles. The van der Waals surface area contributed by atoms with Gasteiger partial charge in [0.15, 0.2) is 5.78 Å². The highest BCUT2D eigenvalue weighted by Gasteiger charge is 2.28. The van der Waals surface area contributed by atoms with E-state index in [0.717, 1.165) is 18.5 Å². The minimum atomic E-state index is -0.633. The molecule has 1 aliphatic rings. The minimum absolute atomic E-state index is 0.0624. The summed E-state index contributed by atoms with van der Waals surface area (Å²) >= 11 is 2.20. The van der Waals surface area contributed by atoms with Crippen molar-refractivity contribution in [1.29, 1.82) is 0 Å². The molecule has 33 heavy (non-hydrogen) atoms. The van der Waals surface area contributed by atoms with Gasteiger partial charge in [-0.25, -0.2) is 0 Å². The summed E-state index contributed by atoms with van der Waals surface area (Å²) in [7, 11) is 1.72. The number of Topliss-reactive ketones (excluding diaryl/α,β-unsaturated/α-hetero) is 1. The Morgan fingerprint density at radius 2 is 1.97 bits per heavy atom. The summed E-state index contributed by atoms with van der Waals surface area (Å²) in [4.78, 5) is 37.6. The Hall–Kier alpha value is -1.49. The number of unbranched alkanes of at least 4 members (excludes halogenated alkanes) is 1. The van der Waals surface area contributed by atoms with Crippen molar-refractivity contribution in [1.82, 2.24) is 0 Å². The summed E-state index contributed by atoms with van der Waals surface area (Å²) in [6.45, 7) is 11.2. The van der Waals surface area contributed by atoms with Crippen molar-refractivity contribution in [2.45, 2.75) is 79.7 Å². The number of aliphatic hydroxyl groups excluding tert-OH is 1. The van der Waals surface area contributed by atoms with E-state index in [9.17, 15) is 14.7 Å². The number of rotatable bonds is 9. The lowest BCUT2D eigenvalue weighted by Crippen LogP contribution is -2.28. The number of hydrogen-bond donors (Lipinski definition) is 1. The van der Waals surface area contributed by atoms with Crippen molar-refractivity contribution in [3.8, 4) is 0 Å². The van der Waals surface area contributed by atoms with Crippen molar-refractivity contribution in [3.63, 3.8) is 0 Å². The Labute approximate surface area is 215 Å². The van der Waals surface area contributed by atoms with Gasteiger partial charge in [-0.15, -0.1) is 0 Å². The van der Waals surface area contributed by atoms with Gasteiger partial charge in [0.05, 0.1) is 5.57 Å². The van der Waals surface area contributed by atoms with Crippen LogP contribution in [0.4, 0.5) is 0 Å². The second-order valence-corrected chi connectivity index (χ2v) is 10.6. The van der Waals surface area contributed by atoms with Crippen LogP contribution in [-0.4, -0.2) is 53.5 Å². The maximum atomic E-state index is 12.5. The molecular weight excluding hydrogens is 553 g/mol. The molecule has 0 aromatic carbocycles. The Kier molecular flexibility index (Phi) is 17.1. The van der Waals surface area contributed by atoms with E-state index in [1.165, 1.54) is 6.92 Å². The third-order valence-corrected chi connectivity index (χ3v) is 4.61. The van der Waals surface area contributed by atoms with E-state index >= 15 is 0 Å². The molecule has 1 rings (SSSR count). The summed E-state index contributed by atoms with van der Waals surface area (Å²) in [5.74, 6) is -0.259. The Morgan fingerprint density at radius 1 is 1.33 bits per heavy atom. The van der Waals surface area contributed by atoms with Crippen LogP contribution in [0.2, 0.25) is 0 Å². The molecule has 0 bridgehead atoms. The van der Waals surface area contributed by atoms with Gasteiger partial charge in [-0.1, -0.05) is 35.3 Å². The van der Waals surface area contributed by atoms with Gasteiger partial charge in [-0.2, -0.15) is 0 Å². The Bertz CT molecular complexity index is 804. The van der Waals surface area contributed by atoms with Crippen LogP contribution in [0.1, 0.15) is 73.6 Å². The predicted octanol–water partition coefficient (Wildman–Crippen LogP) is 6.47. The summed E-state index contributed by atoms with van der Waals surface area (Å²) in [6.07, 6.45) is 8.79. The van der Waals surface area contributed by atoms with Gasteiger partial charge in [-0.3, -0.25) is 24.6 Å². The summed E-state index contributed by atoms with van der Waals surface area (Å²) in [5, 5.41) is 10.4. The maximum absolute atomic E-state index is 12.5. The number of carbonyl (C=O) groups excluding carboxylic acids is 2. The molecule has 7 nitrogen and oxygen atoms in total. The molecule has 0 aromatic rings. The highest BCUT2D eigenvalue weighted by molar-refractivity contribution is 14.2. The summed E-state index contributed by atoms with van der Waals surface area (Å²) in [6, 6.07) is -0.633. The Balaban J connectivity index is 0.00000322. The number of nitrogens with zero attached hydrogens (tertiary/aromatic N) is 3. The molecule has 1 aliphatic carbocycles. The molecule has 0 heterocycles. The number of halogens is 1. The number of aliphatic hydroxyl groups is 1. The van der Waals surface area contributed by atoms with E-state index in [-0.39, 0.29) is 28.9 Å². The minimum Gasteiger partial charge on any atom is -0.511 e. The molecule has 0 amide bonds. The van der Waals surface area contributed by atoms with Crippen molar-refractivity contribution in [3.05, 3.63) is 23.1 Å². The fraction of sp³-hybridized carbons (Fsp3) is 0.625.